The van der Waals surface area contributed by atoms with Crippen LogP contribution in [0, 0.1) is 5.82 Å². The number of aliphatic hydroxyl groups is 1. The molecule has 2 heterocycles. The largest absolute Gasteiger partial charge is 0.477 e. The quantitative estimate of drug-likeness (QED) is 0.375. The second kappa shape index (κ2) is 10.1. The van der Waals surface area contributed by atoms with Crippen molar-refractivity contribution in [3.63, 3.8) is 0 Å². The third kappa shape index (κ3) is 8.06. The highest BCUT2D eigenvalue weighted by Crippen LogP contribution is 2.55. The molecular formula is C12H12Cl6FN2O8P. The normalized spacial score (nSPS) is 23.1. The van der Waals surface area contributed by atoms with Crippen molar-refractivity contribution < 1.29 is 32.4 Å². The third-order valence-electron chi connectivity index (χ3n) is 3.29. The molecule has 2 rings (SSSR count). The molecule has 0 bridgehead atoms. The molecule has 30 heavy (non-hydrogen) atoms. The van der Waals surface area contributed by atoms with Gasteiger partial charge in [0.05, 0.1) is 6.20 Å². The molecule has 3 atom stereocenters. The molecule has 18 heteroatoms. The Balaban J connectivity index is 2.19. The Kier molecular flexibility index (Phi) is 8.97. The Morgan fingerprint density at radius 1 is 1.20 bits per heavy atom. The molecule has 0 amide bonds. The number of aromatic amines is 1. The molecule has 0 aromatic carbocycles. The van der Waals surface area contributed by atoms with Gasteiger partial charge in [-0.05, 0) is 0 Å². The van der Waals surface area contributed by atoms with Gasteiger partial charge in [0.25, 0.3) is 5.56 Å². The number of nitrogens with one attached hydrogen (secondary N) is 1. The Morgan fingerprint density at radius 3 is 2.23 bits per heavy atom. The lowest BCUT2D eigenvalue weighted by Gasteiger charge is -2.25. The van der Waals surface area contributed by atoms with Gasteiger partial charge in [-0.1, -0.05) is 69.6 Å². The Morgan fingerprint density at radius 2 is 1.73 bits per heavy atom. The van der Waals surface area contributed by atoms with E-state index in [0.717, 1.165) is 0 Å². The molecule has 172 valence electrons. The van der Waals surface area contributed by atoms with Gasteiger partial charge >= 0.3 is 13.5 Å². The van der Waals surface area contributed by atoms with E-state index in [9.17, 15) is 23.7 Å². The fourth-order valence-corrected chi connectivity index (χ4v) is 4.23. The first-order valence-electron chi connectivity index (χ1n) is 7.64. The number of nitrogens with zero attached hydrogens (tertiary/aromatic N) is 1. The van der Waals surface area contributed by atoms with E-state index in [0.29, 0.717) is 10.8 Å². The van der Waals surface area contributed by atoms with Gasteiger partial charge in [0.1, 0.15) is 25.5 Å². The summed E-state index contributed by atoms with van der Waals surface area (Å²) >= 11 is 33.2. The predicted molar refractivity (Wildman–Crippen MR) is 107 cm³/mol. The number of rotatable bonds is 7. The number of ether oxygens (including phenoxy) is 1. The first kappa shape index (κ1) is 26.6. The van der Waals surface area contributed by atoms with E-state index in [-0.39, 0.29) is 6.42 Å². The summed E-state index contributed by atoms with van der Waals surface area (Å²) in [6, 6.07) is 0. The smallest absolute Gasteiger partial charge is 0.388 e. The Labute approximate surface area is 197 Å². The molecule has 1 aromatic rings. The molecule has 1 aliphatic rings. The van der Waals surface area contributed by atoms with E-state index < -0.39 is 64.3 Å². The van der Waals surface area contributed by atoms with Crippen LogP contribution in [0.15, 0.2) is 15.8 Å². The van der Waals surface area contributed by atoms with Crippen LogP contribution in [-0.2, 0) is 22.9 Å². The Bertz CT molecular complexity index is 896. The zero-order chi connectivity index (χ0) is 22.9. The first-order chi connectivity index (χ1) is 13.6. The standard InChI is InChI=1S/C12H12Cl6FN2O8P/c13-11(14,15)3-26-30(25,27-4-12(16,17)18)29-9-6(22)1-7(28-9)21-2-5(19)8(23)20-10(21)24/h2,6-7,9,22H,1,3-4H2,(H,20,23,24). The van der Waals surface area contributed by atoms with Crippen LogP contribution >= 0.6 is 77.4 Å². The van der Waals surface area contributed by atoms with Crippen LogP contribution in [0.5, 0.6) is 0 Å². The van der Waals surface area contributed by atoms with E-state index in [1.807, 2.05) is 0 Å². The number of H-pyrrole nitrogens is 1. The second-order valence-electron chi connectivity index (χ2n) is 5.74. The van der Waals surface area contributed by atoms with Crippen LogP contribution in [0.3, 0.4) is 0 Å². The minimum atomic E-state index is -4.66. The van der Waals surface area contributed by atoms with Crippen LogP contribution < -0.4 is 11.2 Å². The predicted octanol–water partition coefficient (Wildman–Crippen LogP) is 3.18. The highest BCUT2D eigenvalue weighted by molar-refractivity contribution is 7.48. The topological polar surface area (TPSA) is 129 Å². The fraction of sp³-hybridized carbons (Fsp3) is 0.667. The number of phosphoric acid groups is 1. The summed E-state index contributed by atoms with van der Waals surface area (Å²) in [4.78, 5) is 24.7. The molecule has 0 aliphatic carbocycles. The summed E-state index contributed by atoms with van der Waals surface area (Å²) in [6.45, 7) is -1.57. The average molecular weight is 575 g/mol. The molecule has 3 unspecified atom stereocenters. The van der Waals surface area contributed by atoms with Crippen molar-refractivity contribution in [3.05, 3.63) is 32.9 Å². The summed E-state index contributed by atoms with van der Waals surface area (Å²) in [6.07, 6.45) is -4.28. The second-order valence-corrected chi connectivity index (χ2v) is 12.4. The third-order valence-corrected chi connectivity index (χ3v) is 5.30. The maximum atomic E-state index is 13.5. The number of alkyl halides is 6. The van der Waals surface area contributed by atoms with Crippen LogP contribution in [-0.4, -0.2) is 47.9 Å². The van der Waals surface area contributed by atoms with Crippen molar-refractivity contribution in [2.24, 2.45) is 0 Å². The molecular weight excluding hydrogens is 563 g/mol. The van der Waals surface area contributed by atoms with Crippen LogP contribution in [0.2, 0.25) is 0 Å². The van der Waals surface area contributed by atoms with Crippen molar-refractivity contribution in [3.8, 4) is 0 Å². The minimum Gasteiger partial charge on any atom is -0.388 e. The highest BCUT2D eigenvalue weighted by Gasteiger charge is 2.44. The van der Waals surface area contributed by atoms with Crippen molar-refractivity contribution >= 4 is 77.4 Å². The number of aromatic nitrogens is 2. The van der Waals surface area contributed by atoms with Crippen molar-refractivity contribution in [1.29, 1.82) is 0 Å². The molecule has 0 spiro atoms. The molecule has 1 fully saturated rings. The number of hydrogen-bond acceptors (Lipinski definition) is 8. The summed E-state index contributed by atoms with van der Waals surface area (Å²) in [5.74, 6) is -1.28. The van der Waals surface area contributed by atoms with Gasteiger partial charge in [-0.25, -0.2) is 9.36 Å². The maximum Gasteiger partial charge on any atom is 0.477 e. The van der Waals surface area contributed by atoms with Gasteiger partial charge in [-0.2, -0.15) is 4.39 Å². The average Bonchev–Trinajstić information content (AvgIpc) is 2.94. The van der Waals surface area contributed by atoms with E-state index in [1.54, 1.807) is 4.98 Å². The van der Waals surface area contributed by atoms with Crippen molar-refractivity contribution in [2.75, 3.05) is 13.2 Å². The fourth-order valence-electron chi connectivity index (χ4n) is 2.10. The van der Waals surface area contributed by atoms with Gasteiger partial charge in [0.2, 0.25) is 13.4 Å². The van der Waals surface area contributed by atoms with E-state index in [2.05, 4.69) is 0 Å². The lowest BCUT2D eigenvalue weighted by atomic mass is 10.2. The zero-order valence-corrected chi connectivity index (χ0v) is 19.7. The van der Waals surface area contributed by atoms with Gasteiger partial charge in [-0.15, -0.1) is 0 Å². The van der Waals surface area contributed by atoms with Crippen molar-refractivity contribution in [2.45, 2.75) is 32.6 Å². The first-order valence-corrected chi connectivity index (χ1v) is 11.4. The SMILES string of the molecule is O=c1[nH]c(=O)n(C2CC(O)C(OP(=O)(OCC(Cl)(Cl)Cl)OCC(Cl)(Cl)Cl)O2)cc1F. The van der Waals surface area contributed by atoms with E-state index in [1.165, 1.54) is 0 Å². The molecule has 0 saturated carbocycles. The molecule has 1 aromatic heterocycles. The Hall–Kier alpha value is 0.380. The van der Waals surface area contributed by atoms with Crippen LogP contribution in [0.4, 0.5) is 4.39 Å². The van der Waals surface area contributed by atoms with E-state index in [4.69, 9.17) is 87.9 Å². The van der Waals surface area contributed by atoms with Gasteiger partial charge < -0.3 is 9.84 Å². The van der Waals surface area contributed by atoms with Gasteiger partial charge in [-0.3, -0.25) is 27.9 Å². The summed E-state index contributed by atoms with van der Waals surface area (Å²) < 4.78 is 43.0. The minimum absolute atomic E-state index is 0.328. The summed E-state index contributed by atoms with van der Waals surface area (Å²) in [5.41, 5.74) is -2.27. The molecule has 2 N–H and O–H groups in total. The van der Waals surface area contributed by atoms with Gasteiger partial charge in [0, 0.05) is 6.42 Å². The number of halogens is 7. The molecule has 0 radical (unpaired) electrons. The summed E-state index contributed by atoms with van der Waals surface area (Å²) in [5, 5.41) is 10.1. The maximum absolute atomic E-state index is 13.5. The summed E-state index contributed by atoms with van der Waals surface area (Å²) in [7, 11) is -4.66. The van der Waals surface area contributed by atoms with Crippen LogP contribution in [0.25, 0.3) is 0 Å². The van der Waals surface area contributed by atoms with Gasteiger partial charge in [0.15, 0.2) is 6.29 Å². The zero-order valence-electron chi connectivity index (χ0n) is 14.3. The lowest BCUT2D eigenvalue weighted by molar-refractivity contribution is -0.139. The number of hydrogen-bond donors (Lipinski definition) is 2. The van der Waals surface area contributed by atoms with E-state index >= 15 is 0 Å². The molecule has 1 saturated heterocycles. The molecule has 10 nitrogen and oxygen atoms in total. The van der Waals surface area contributed by atoms with Crippen molar-refractivity contribution in [1.82, 2.24) is 9.55 Å². The monoisotopic (exact) mass is 572 g/mol. The highest BCUT2D eigenvalue weighted by atomic mass is 35.6. The molecule has 1 aliphatic heterocycles. The van der Waals surface area contributed by atoms with Crippen LogP contribution in [0.1, 0.15) is 12.6 Å². The number of phosphoric ester groups is 1. The lowest BCUT2D eigenvalue weighted by Crippen LogP contribution is -2.34. The number of aliphatic hydroxyl groups excluding tert-OH is 1.